The number of nitrogens with one attached hydrogen (secondary N) is 1. The van der Waals surface area contributed by atoms with Crippen LogP contribution in [-0.4, -0.2) is 21.2 Å². The molecule has 0 bridgehead atoms. The van der Waals surface area contributed by atoms with E-state index < -0.39 is 0 Å². The minimum absolute atomic E-state index is 0.249. The fourth-order valence-electron chi connectivity index (χ4n) is 1.90. The molecule has 0 aliphatic heterocycles. The molecule has 1 aromatic heterocycles. The molecule has 0 unspecified atom stereocenters. The number of hydrogen-bond acceptors (Lipinski definition) is 3. The van der Waals surface area contributed by atoms with E-state index in [1.165, 1.54) is 0 Å². The van der Waals surface area contributed by atoms with Crippen LogP contribution in [0.25, 0.3) is 0 Å². The average molecular weight is 280 g/mol. The molecule has 1 aromatic carbocycles. The number of halogens is 1. The van der Waals surface area contributed by atoms with Crippen molar-refractivity contribution >= 4 is 11.6 Å². The Labute approximate surface area is 118 Å². The second-order valence-corrected chi connectivity index (χ2v) is 4.83. The van der Waals surface area contributed by atoms with E-state index in [2.05, 4.69) is 14.9 Å². The van der Waals surface area contributed by atoms with E-state index in [1.807, 2.05) is 12.5 Å². The quantitative estimate of drug-likeness (QED) is 0.766. The summed E-state index contributed by atoms with van der Waals surface area (Å²) in [5, 5.41) is 13.6. The van der Waals surface area contributed by atoms with Crippen molar-refractivity contribution < 1.29 is 5.11 Å². The molecule has 4 nitrogen and oxygen atoms in total. The van der Waals surface area contributed by atoms with E-state index in [-0.39, 0.29) is 5.75 Å². The van der Waals surface area contributed by atoms with Crippen molar-refractivity contribution in [2.45, 2.75) is 25.9 Å². The lowest BCUT2D eigenvalue weighted by molar-refractivity contribution is 0.463. The summed E-state index contributed by atoms with van der Waals surface area (Å²) in [5.41, 5.74) is 0.763. The van der Waals surface area contributed by atoms with E-state index in [9.17, 15) is 5.11 Å². The summed E-state index contributed by atoms with van der Waals surface area (Å²) < 4.78 is 2.07. The van der Waals surface area contributed by atoms with Crippen molar-refractivity contribution in [1.29, 1.82) is 0 Å². The second kappa shape index (κ2) is 7.16. The minimum Gasteiger partial charge on any atom is -0.508 e. The van der Waals surface area contributed by atoms with Crippen molar-refractivity contribution in [3.8, 4) is 5.75 Å². The molecular weight excluding hydrogens is 262 g/mol. The Morgan fingerprint density at radius 3 is 2.95 bits per heavy atom. The highest BCUT2D eigenvalue weighted by molar-refractivity contribution is 6.31. The fraction of sp³-hybridized carbons (Fsp3) is 0.357. The van der Waals surface area contributed by atoms with Crippen LogP contribution in [0, 0.1) is 0 Å². The Kier molecular flexibility index (Phi) is 5.24. The van der Waals surface area contributed by atoms with Crippen LogP contribution in [0.3, 0.4) is 0 Å². The minimum atomic E-state index is 0.249. The van der Waals surface area contributed by atoms with Gasteiger partial charge in [-0.25, -0.2) is 4.98 Å². The van der Waals surface area contributed by atoms with Gasteiger partial charge in [0.2, 0.25) is 0 Å². The molecule has 19 heavy (non-hydrogen) atoms. The first-order valence-electron chi connectivity index (χ1n) is 6.40. The fourth-order valence-corrected chi connectivity index (χ4v) is 2.14. The molecule has 5 heteroatoms. The lowest BCUT2D eigenvalue weighted by atomic mass is 10.2. The van der Waals surface area contributed by atoms with Gasteiger partial charge in [0, 0.05) is 36.1 Å². The van der Waals surface area contributed by atoms with Crippen LogP contribution in [0.15, 0.2) is 36.9 Å². The second-order valence-electron chi connectivity index (χ2n) is 4.42. The van der Waals surface area contributed by atoms with Gasteiger partial charge in [0.25, 0.3) is 0 Å². The Hall–Kier alpha value is -1.52. The number of phenols is 1. The highest BCUT2D eigenvalue weighted by atomic mass is 35.5. The predicted molar refractivity (Wildman–Crippen MR) is 76.3 cm³/mol. The number of benzene rings is 1. The third-order valence-corrected chi connectivity index (χ3v) is 3.33. The third-order valence-electron chi connectivity index (χ3n) is 2.97. The SMILES string of the molecule is Oc1cccc(Cl)c1CNCCCCn1ccnc1. The molecule has 2 aromatic rings. The molecule has 0 radical (unpaired) electrons. The van der Waals surface area contributed by atoms with Crippen LogP contribution >= 0.6 is 11.6 Å². The summed E-state index contributed by atoms with van der Waals surface area (Å²) in [5.74, 6) is 0.249. The van der Waals surface area contributed by atoms with Crippen molar-refractivity contribution in [2.75, 3.05) is 6.54 Å². The summed E-state index contributed by atoms with van der Waals surface area (Å²) in [6, 6.07) is 5.19. The number of unbranched alkanes of at least 4 members (excludes halogenated alkanes) is 1. The lowest BCUT2D eigenvalue weighted by Crippen LogP contribution is -2.15. The van der Waals surface area contributed by atoms with Crippen molar-refractivity contribution in [3.63, 3.8) is 0 Å². The van der Waals surface area contributed by atoms with Gasteiger partial charge in [-0.2, -0.15) is 0 Å². The summed E-state index contributed by atoms with van der Waals surface area (Å²) >= 11 is 6.03. The van der Waals surface area contributed by atoms with Crippen LogP contribution in [-0.2, 0) is 13.1 Å². The van der Waals surface area contributed by atoms with E-state index in [4.69, 9.17) is 11.6 Å². The molecule has 0 spiro atoms. The highest BCUT2D eigenvalue weighted by Gasteiger charge is 2.04. The Balaban J connectivity index is 1.64. The zero-order chi connectivity index (χ0) is 13.5. The van der Waals surface area contributed by atoms with E-state index in [1.54, 1.807) is 24.4 Å². The van der Waals surface area contributed by atoms with Crippen LogP contribution in [0.1, 0.15) is 18.4 Å². The maximum Gasteiger partial charge on any atom is 0.121 e. The van der Waals surface area contributed by atoms with Gasteiger partial charge in [0.05, 0.1) is 6.33 Å². The summed E-state index contributed by atoms with van der Waals surface area (Å²) in [6.45, 7) is 2.48. The van der Waals surface area contributed by atoms with Crippen molar-refractivity contribution in [1.82, 2.24) is 14.9 Å². The number of aromatic nitrogens is 2. The van der Waals surface area contributed by atoms with Crippen LogP contribution in [0.2, 0.25) is 5.02 Å². The Bertz CT molecular complexity index is 479. The van der Waals surface area contributed by atoms with Gasteiger partial charge < -0.3 is 15.0 Å². The predicted octanol–water partition coefficient (Wildman–Crippen LogP) is 2.81. The maximum atomic E-state index is 9.68. The molecule has 102 valence electrons. The van der Waals surface area contributed by atoms with Gasteiger partial charge in [-0.05, 0) is 31.5 Å². The Morgan fingerprint density at radius 1 is 1.32 bits per heavy atom. The number of nitrogens with zero attached hydrogens (tertiary/aromatic N) is 2. The molecule has 2 rings (SSSR count). The number of aryl methyl sites for hydroxylation is 1. The monoisotopic (exact) mass is 279 g/mol. The van der Waals surface area contributed by atoms with E-state index in [0.717, 1.165) is 31.5 Å². The summed E-state index contributed by atoms with van der Waals surface area (Å²) in [7, 11) is 0. The average Bonchev–Trinajstić information content (AvgIpc) is 2.89. The summed E-state index contributed by atoms with van der Waals surface area (Å²) in [6.07, 6.45) is 7.75. The van der Waals surface area contributed by atoms with Crippen LogP contribution in [0.4, 0.5) is 0 Å². The van der Waals surface area contributed by atoms with E-state index in [0.29, 0.717) is 11.6 Å². The van der Waals surface area contributed by atoms with Gasteiger partial charge in [0.1, 0.15) is 5.75 Å². The number of rotatable bonds is 7. The van der Waals surface area contributed by atoms with Crippen LogP contribution < -0.4 is 5.32 Å². The number of hydrogen-bond donors (Lipinski definition) is 2. The molecule has 0 aliphatic rings. The number of imidazole rings is 1. The van der Waals surface area contributed by atoms with Crippen LogP contribution in [0.5, 0.6) is 5.75 Å². The molecular formula is C14H18ClN3O. The highest BCUT2D eigenvalue weighted by Crippen LogP contribution is 2.24. The topological polar surface area (TPSA) is 50.1 Å². The standard InChI is InChI=1S/C14H18ClN3O/c15-13-4-3-5-14(19)12(13)10-16-6-1-2-8-18-9-7-17-11-18/h3-5,7,9,11,16,19H,1-2,6,8,10H2. The van der Waals surface area contributed by atoms with Gasteiger partial charge in [-0.3, -0.25) is 0 Å². The molecule has 0 atom stereocenters. The first-order chi connectivity index (χ1) is 9.27. The maximum absolute atomic E-state index is 9.68. The van der Waals surface area contributed by atoms with Gasteiger partial charge >= 0.3 is 0 Å². The van der Waals surface area contributed by atoms with Crippen molar-refractivity contribution in [3.05, 3.63) is 47.5 Å². The number of phenolic OH excluding ortho intramolecular Hbond substituents is 1. The van der Waals surface area contributed by atoms with Crippen molar-refractivity contribution in [2.24, 2.45) is 0 Å². The normalized spacial score (nSPS) is 10.8. The largest absolute Gasteiger partial charge is 0.508 e. The molecule has 0 amide bonds. The molecule has 0 saturated carbocycles. The van der Waals surface area contributed by atoms with Gasteiger partial charge in [-0.1, -0.05) is 17.7 Å². The zero-order valence-corrected chi connectivity index (χ0v) is 11.5. The molecule has 0 fully saturated rings. The van der Waals surface area contributed by atoms with Gasteiger partial charge in [-0.15, -0.1) is 0 Å². The molecule has 1 heterocycles. The molecule has 0 saturated heterocycles. The summed E-state index contributed by atoms with van der Waals surface area (Å²) in [4.78, 5) is 4.00. The number of aromatic hydroxyl groups is 1. The third kappa shape index (κ3) is 4.26. The molecule has 0 aliphatic carbocycles. The first kappa shape index (κ1) is 13.9. The first-order valence-corrected chi connectivity index (χ1v) is 6.78. The smallest absolute Gasteiger partial charge is 0.121 e. The Morgan fingerprint density at radius 2 is 2.21 bits per heavy atom. The van der Waals surface area contributed by atoms with Gasteiger partial charge in [0.15, 0.2) is 0 Å². The molecule has 2 N–H and O–H groups in total. The van der Waals surface area contributed by atoms with E-state index >= 15 is 0 Å². The lowest BCUT2D eigenvalue weighted by Gasteiger charge is -2.08. The zero-order valence-electron chi connectivity index (χ0n) is 10.7.